The van der Waals surface area contributed by atoms with E-state index in [2.05, 4.69) is 15.3 Å². The van der Waals surface area contributed by atoms with E-state index in [1.807, 2.05) is 0 Å². The van der Waals surface area contributed by atoms with Crippen molar-refractivity contribution in [2.75, 3.05) is 19.7 Å². The Morgan fingerprint density at radius 1 is 1.38 bits per heavy atom. The van der Waals surface area contributed by atoms with Gasteiger partial charge in [-0.3, -0.25) is 14.6 Å². The molecule has 2 aromatic heterocycles. The van der Waals surface area contributed by atoms with Crippen LogP contribution in [0.2, 0.25) is 0 Å². The average molecular weight is 417 g/mol. The Morgan fingerprint density at radius 2 is 2.17 bits per heavy atom. The monoisotopic (exact) mass is 416 g/mol. The number of nitrogens with one attached hydrogen (secondary N) is 1. The molecule has 2 aromatic rings. The second kappa shape index (κ2) is 7.81. The summed E-state index contributed by atoms with van der Waals surface area (Å²) in [6, 6.07) is 2.85. The van der Waals surface area contributed by atoms with Crippen molar-refractivity contribution < 1.29 is 19.4 Å². The van der Waals surface area contributed by atoms with Gasteiger partial charge in [-0.2, -0.15) is 0 Å². The highest BCUT2D eigenvalue weighted by Crippen LogP contribution is 2.39. The molecule has 29 heavy (non-hydrogen) atoms. The van der Waals surface area contributed by atoms with Crippen LogP contribution in [0, 0.1) is 0 Å². The maximum Gasteiger partial charge on any atom is 0.273 e. The summed E-state index contributed by atoms with van der Waals surface area (Å²) in [5, 5.41) is 15.7. The van der Waals surface area contributed by atoms with E-state index in [4.69, 9.17) is 4.74 Å². The number of amides is 2. The van der Waals surface area contributed by atoms with Crippen LogP contribution >= 0.6 is 11.3 Å². The predicted molar refractivity (Wildman–Crippen MR) is 107 cm³/mol. The normalized spacial score (nSPS) is 26.3. The number of ether oxygens (including phenoxy) is 1. The Labute approximate surface area is 172 Å². The Hall–Kier alpha value is -2.36. The van der Waals surface area contributed by atoms with E-state index in [9.17, 15) is 14.7 Å². The number of aliphatic hydroxyl groups is 1. The topological polar surface area (TPSA) is 105 Å². The third-order valence-corrected chi connectivity index (χ3v) is 6.42. The summed E-state index contributed by atoms with van der Waals surface area (Å²) in [6.45, 7) is 3.07. The van der Waals surface area contributed by atoms with Gasteiger partial charge < -0.3 is 20.1 Å². The van der Waals surface area contributed by atoms with Gasteiger partial charge in [-0.25, -0.2) is 4.98 Å². The van der Waals surface area contributed by atoms with Crippen molar-refractivity contribution in [3.8, 4) is 0 Å². The molecule has 0 bridgehead atoms. The first kappa shape index (κ1) is 19.9. The molecule has 154 valence electrons. The van der Waals surface area contributed by atoms with Crippen molar-refractivity contribution >= 4 is 23.2 Å². The summed E-state index contributed by atoms with van der Waals surface area (Å²) in [7, 11) is 0. The number of likely N-dealkylation sites (tertiary alicyclic amines) is 1. The van der Waals surface area contributed by atoms with Crippen LogP contribution in [0.3, 0.4) is 0 Å². The number of hydrogen-bond acceptors (Lipinski definition) is 7. The first-order valence-electron chi connectivity index (χ1n) is 9.63. The lowest BCUT2D eigenvalue weighted by atomic mass is 9.75. The predicted octanol–water partition coefficient (Wildman–Crippen LogP) is 1.48. The molecule has 2 saturated heterocycles. The Bertz CT molecular complexity index is 864. The third kappa shape index (κ3) is 4.17. The number of rotatable bonds is 3. The molecular weight excluding hydrogens is 392 g/mol. The molecule has 0 radical (unpaired) electrons. The highest BCUT2D eigenvalue weighted by Gasteiger charge is 2.50. The van der Waals surface area contributed by atoms with Crippen LogP contribution in [0.5, 0.6) is 0 Å². The molecule has 2 atom stereocenters. The lowest BCUT2D eigenvalue weighted by Gasteiger charge is -2.51. The van der Waals surface area contributed by atoms with Gasteiger partial charge in [0.15, 0.2) is 0 Å². The van der Waals surface area contributed by atoms with Crippen LogP contribution in [-0.2, 0) is 4.74 Å². The van der Waals surface area contributed by atoms with Gasteiger partial charge in [-0.15, -0.1) is 11.3 Å². The number of pyridine rings is 1. The maximum absolute atomic E-state index is 12.5. The van der Waals surface area contributed by atoms with Crippen molar-refractivity contribution in [2.45, 2.75) is 43.4 Å². The minimum atomic E-state index is -1.11. The minimum absolute atomic E-state index is 0.0646. The number of hydrogen-bond donors (Lipinski definition) is 2. The fraction of sp³-hybridized carbons (Fsp3) is 0.500. The number of thiazole rings is 1. The molecule has 4 rings (SSSR count). The molecule has 2 amide bonds. The lowest BCUT2D eigenvalue weighted by molar-refractivity contribution is -0.183. The van der Waals surface area contributed by atoms with Crippen molar-refractivity contribution in [1.82, 2.24) is 20.2 Å². The highest BCUT2D eigenvalue weighted by atomic mass is 32.1. The van der Waals surface area contributed by atoms with Gasteiger partial charge >= 0.3 is 0 Å². The molecular formula is C20H24N4O4S. The van der Waals surface area contributed by atoms with Crippen molar-refractivity contribution in [1.29, 1.82) is 0 Å². The van der Waals surface area contributed by atoms with E-state index in [-0.39, 0.29) is 18.4 Å². The first-order valence-corrected chi connectivity index (χ1v) is 10.6. The van der Waals surface area contributed by atoms with E-state index in [1.165, 1.54) is 17.5 Å². The van der Waals surface area contributed by atoms with Gasteiger partial charge in [0.25, 0.3) is 11.8 Å². The quantitative estimate of drug-likeness (QED) is 0.785. The molecule has 0 unspecified atom stereocenters. The molecule has 8 nitrogen and oxygen atoms in total. The SMILES string of the molecule is C[C@]1(O)CC2(CCN(C(=O)c3cscn3)CC2)OC[C@@H]1NC(=O)c1cccnc1. The van der Waals surface area contributed by atoms with Crippen LogP contribution < -0.4 is 5.32 Å². The minimum Gasteiger partial charge on any atom is -0.388 e. The van der Waals surface area contributed by atoms with Gasteiger partial charge in [0, 0.05) is 37.3 Å². The van der Waals surface area contributed by atoms with E-state index in [0.717, 1.165) is 0 Å². The summed E-state index contributed by atoms with van der Waals surface area (Å²) >= 11 is 1.40. The van der Waals surface area contributed by atoms with Crippen molar-refractivity contribution in [3.63, 3.8) is 0 Å². The standard InChI is InChI=1S/C20H24N4O4S/c1-19(27)12-20(4-7-24(8-5-20)18(26)15-11-29-13-22-15)28-10-16(19)23-17(25)14-3-2-6-21-9-14/h2-3,6,9,11,13,16,27H,4-5,7-8,10,12H2,1H3,(H,23,25)/t16-,19-/m0/s1. The largest absolute Gasteiger partial charge is 0.388 e. The van der Waals surface area contributed by atoms with Gasteiger partial charge in [-0.05, 0) is 31.9 Å². The molecule has 1 spiro atoms. The van der Waals surface area contributed by atoms with Crippen LogP contribution in [0.1, 0.15) is 47.0 Å². The molecule has 0 aromatic carbocycles. The third-order valence-electron chi connectivity index (χ3n) is 5.83. The maximum atomic E-state index is 12.5. The molecule has 4 heterocycles. The highest BCUT2D eigenvalue weighted by molar-refractivity contribution is 7.07. The molecule has 2 aliphatic rings. The summed E-state index contributed by atoms with van der Waals surface area (Å²) < 4.78 is 6.17. The fourth-order valence-electron chi connectivity index (χ4n) is 4.12. The second-order valence-corrected chi connectivity index (χ2v) is 8.68. The van der Waals surface area contributed by atoms with Crippen LogP contribution in [0.25, 0.3) is 0 Å². The summed E-state index contributed by atoms with van der Waals surface area (Å²) in [4.78, 5) is 34.8. The molecule has 2 aliphatic heterocycles. The molecule has 2 N–H and O–H groups in total. The number of carbonyl (C=O) groups is 2. The summed E-state index contributed by atoms with van der Waals surface area (Å²) in [6.07, 6.45) is 4.78. The number of piperidine rings is 1. The van der Waals surface area contributed by atoms with Gasteiger partial charge in [0.2, 0.25) is 0 Å². The van der Waals surface area contributed by atoms with E-state index in [1.54, 1.807) is 41.0 Å². The fourth-order valence-corrected chi connectivity index (χ4v) is 4.65. The van der Waals surface area contributed by atoms with E-state index < -0.39 is 17.2 Å². The molecule has 2 fully saturated rings. The van der Waals surface area contributed by atoms with Gasteiger partial charge in [0.05, 0.1) is 34.9 Å². The Balaban J connectivity index is 1.37. The lowest BCUT2D eigenvalue weighted by Crippen LogP contribution is -2.64. The molecule has 0 aliphatic carbocycles. The zero-order chi connectivity index (χ0) is 20.5. The molecule has 9 heteroatoms. The zero-order valence-electron chi connectivity index (χ0n) is 16.2. The average Bonchev–Trinajstić information content (AvgIpc) is 3.25. The van der Waals surface area contributed by atoms with Crippen LogP contribution in [0.15, 0.2) is 35.4 Å². The van der Waals surface area contributed by atoms with Crippen molar-refractivity contribution in [2.24, 2.45) is 0 Å². The smallest absolute Gasteiger partial charge is 0.273 e. The van der Waals surface area contributed by atoms with Gasteiger partial charge in [-0.1, -0.05) is 0 Å². The zero-order valence-corrected chi connectivity index (χ0v) is 17.0. The van der Waals surface area contributed by atoms with Crippen LogP contribution in [-0.4, -0.2) is 68.7 Å². The molecule has 0 saturated carbocycles. The summed E-state index contributed by atoms with van der Waals surface area (Å²) in [5.74, 6) is -0.350. The first-order chi connectivity index (χ1) is 13.9. The number of aromatic nitrogens is 2. The van der Waals surface area contributed by atoms with Crippen LogP contribution in [0.4, 0.5) is 0 Å². The number of nitrogens with zero attached hydrogens (tertiary/aromatic N) is 3. The van der Waals surface area contributed by atoms with E-state index >= 15 is 0 Å². The van der Waals surface area contributed by atoms with Gasteiger partial charge in [0.1, 0.15) is 5.69 Å². The Morgan fingerprint density at radius 3 is 2.79 bits per heavy atom. The van der Waals surface area contributed by atoms with E-state index in [0.29, 0.717) is 43.6 Å². The second-order valence-electron chi connectivity index (χ2n) is 7.96. The Kier molecular flexibility index (Phi) is 5.37. The number of carbonyl (C=O) groups excluding carboxylic acids is 2. The van der Waals surface area contributed by atoms with Crippen molar-refractivity contribution in [3.05, 3.63) is 46.7 Å². The summed E-state index contributed by atoms with van der Waals surface area (Å²) in [5.41, 5.74) is 0.966.